The summed E-state index contributed by atoms with van der Waals surface area (Å²) in [4.78, 5) is 23.1. The number of hydrogen-bond donors (Lipinski definition) is 3. The van der Waals surface area contributed by atoms with Crippen LogP contribution in [0.5, 0.6) is 0 Å². The molecule has 0 bridgehead atoms. The largest absolute Gasteiger partial charge is 0.389 e. The molecule has 0 aliphatic carbocycles. The van der Waals surface area contributed by atoms with Gasteiger partial charge in [-0.15, -0.1) is 0 Å². The van der Waals surface area contributed by atoms with Crippen LogP contribution in [0.15, 0.2) is 48.6 Å². The number of carbonyl (C=O) groups is 2. The van der Waals surface area contributed by atoms with Gasteiger partial charge in [-0.2, -0.15) is 0 Å². The molecule has 0 radical (unpaired) electrons. The minimum absolute atomic E-state index is 0.139. The maximum absolute atomic E-state index is 11.6. The van der Waals surface area contributed by atoms with Crippen LogP contribution in [0.3, 0.4) is 0 Å². The molecule has 0 unspecified atom stereocenters. The highest BCUT2D eigenvalue weighted by atomic mass is 16.3. The zero-order valence-electron chi connectivity index (χ0n) is 13.4. The predicted molar refractivity (Wildman–Crippen MR) is 91.6 cm³/mol. The molecule has 0 aliphatic rings. The molecule has 5 nitrogen and oxygen atoms in total. The molecular formula is C18H24N2O3. The van der Waals surface area contributed by atoms with E-state index < -0.39 is 6.10 Å². The van der Waals surface area contributed by atoms with Crippen LogP contribution in [0.4, 0.5) is 0 Å². The molecule has 23 heavy (non-hydrogen) atoms. The number of aliphatic hydroxyl groups is 1. The maximum Gasteiger partial charge on any atom is 0.249 e. The molecule has 1 aromatic carbocycles. The Kier molecular flexibility index (Phi) is 8.39. The molecule has 1 rings (SSSR count). The number of unbranched alkanes of at least 4 members (excludes halogenated alkanes) is 1. The lowest BCUT2D eigenvalue weighted by atomic mass is 10.2. The van der Waals surface area contributed by atoms with Gasteiger partial charge in [-0.1, -0.05) is 36.9 Å². The van der Waals surface area contributed by atoms with Crippen molar-refractivity contribution in [1.29, 1.82) is 0 Å². The Hall–Kier alpha value is -2.40. The van der Waals surface area contributed by atoms with Crippen LogP contribution in [0.2, 0.25) is 0 Å². The molecule has 0 aromatic heterocycles. The number of amides is 2. The van der Waals surface area contributed by atoms with Gasteiger partial charge in [0.2, 0.25) is 11.8 Å². The van der Waals surface area contributed by atoms with Crippen molar-refractivity contribution in [3.63, 3.8) is 0 Å². The molecule has 0 saturated carbocycles. The average Bonchev–Trinajstić information content (AvgIpc) is 2.56. The molecule has 1 atom stereocenters. The van der Waals surface area contributed by atoms with Crippen LogP contribution >= 0.6 is 0 Å². The number of nitrogens with one attached hydrogen (secondary N) is 2. The molecule has 0 saturated heterocycles. The van der Waals surface area contributed by atoms with Crippen molar-refractivity contribution >= 4 is 17.9 Å². The van der Waals surface area contributed by atoms with Gasteiger partial charge in [-0.25, -0.2) is 0 Å². The lowest BCUT2D eigenvalue weighted by Gasteiger charge is -2.09. The zero-order chi connectivity index (χ0) is 17.1. The lowest BCUT2D eigenvalue weighted by Crippen LogP contribution is -2.30. The van der Waals surface area contributed by atoms with Crippen LogP contribution in [-0.4, -0.2) is 36.1 Å². The summed E-state index contributed by atoms with van der Waals surface area (Å²) in [5.41, 5.74) is 1.13. The highest BCUT2D eigenvalue weighted by Gasteiger charge is 2.10. The van der Waals surface area contributed by atoms with Crippen molar-refractivity contribution in [2.24, 2.45) is 0 Å². The van der Waals surface area contributed by atoms with Crippen LogP contribution in [-0.2, 0) is 9.59 Å². The minimum Gasteiger partial charge on any atom is -0.389 e. The number of hydrogen-bond acceptors (Lipinski definition) is 3. The number of benzene rings is 1. The third-order valence-corrected chi connectivity index (χ3v) is 3.21. The van der Waals surface area contributed by atoms with Gasteiger partial charge in [-0.3, -0.25) is 9.59 Å². The topological polar surface area (TPSA) is 78.4 Å². The first kappa shape index (κ1) is 18.6. The molecule has 0 spiro atoms. The van der Waals surface area contributed by atoms with Gasteiger partial charge >= 0.3 is 0 Å². The third kappa shape index (κ3) is 7.97. The fourth-order valence-corrected chi connectivity index (χ4v) is 1.76. The van der Waals surface area contributed by atoms with Crippen LogP contribution in [0.1, 0.15) is 25.3 Å². The monoisotopic (exact) mass is 316 g/mol. The Bertz CT molecular complexity index is 551. The van der Waals surface area contributed by atoms with Crippen molar-refractivity contribution in [3.8, 4) is 0 Å². The fraction of sp³-hybridized carbons (Fsp3) is 0.333. The van der Waals surface area contributed by atoms with Crippen molar-refractivity contribution in [2.75, 3.05) is 13.1 Å². The molecule has 124 valence electrons. The van der Waals surface area contributed by atoms with Gasteiger partial charge in [0.05, 0.1) is 6.10 Å². The first-order valence-corrected chi connectivity index (χ1v) is 7.66. The molecule has 3 N–H and O–H groups in total. The van der Waals surface area contributed by atoms with E-state index in [-0.39, 0.29) is 17.4 Å². The molecule has 5 heteroatoms. The Balaban J connectivity index is 2.11. The highest BCUT2D eigenvalue weighted by molar-refractivity contribution is 5.93. The van der Waals surface area contributed by atoms with E-state index in [4.69, 9.17) is 0 Å². The highest BCUT2D eigenvalue weighted by Crippen LogP contribution is 2.00. The van der Waals surface area contributed by atoms with E-state index >= 15 is 0 Å². The van der Waals surface area contributed by atoms with E-state index in [9.17, 15) is 14.7 Å². The number of rotatable bonds is 9. The van der Waals surface area contributed by atoms with E-state index in [1.54, 1.807) is 6.08 Å². The summed E-state index contributed by atoms with van der Waals surface area (Å²) in [6, 6.07) is 9.60. The van der Waals surface area contributed by atoms with Gasteiger partial charge in [0.1, 0.15) is 0 Å². The second kappa shape index (κ2) is 10.3. The van der Waals surface area contributed by atoms with E-state index in [1.165, 1.54) is 13.0 Å². The van der Waals surface area contributed by atoms with Gasteiger partial charge in [0, 0.05) is 24.7 Å². The summed E-state index contributed by atoms with van der Waals surface area (Å²) in [5, 5.41) is 14.7. The smallest absolute Gasteiger partial charge is 0.249 e. The van der Waals surface area contributed by atoms with Crippen molar-refractivity contribution in [3.05, 3.63) is 54.1 Å². The van der Waals surface area contributed by atoms with E-state index in [2.05, 4.69) is 17.2 Å². The van der Waals surface area contributed by atoms with Crippen molar-refractivity contribution < 1.29 is 14.7 Å². The van der Waals surface area contributed by atoms with Crippen LogP contribution in [0, 0.1) is 0 Å². The summed E-state index contributed by atoms with van der Waals surface area (Å²) in [5.74, 6) is -0.477. The summed E-state index contributed by atoms with van der Waals surface area (Å²) in [6.45, 7) is 6.04. The van der Waals surface area contributed by atoms with Crippen LogP contribution < -0.4 is 10.6 Å². The van der Waals surface area contributed by atoms with Gasteiger partial charge < -0.3 is 15.7 Å². The molecule has 1 aromatic rings. The molecule has 0 aliphatic heterocycles. The third-order valence-electron chi connectivity index (χ3n) is 3.21. The number of aliphatic hydroxyl groups excluding tert-OH is 1. The Morgan fingerprint density at radius 2 is 1.78 bits per heavy atom. The van der Waals surface area contributed by atoms with E-state index in [1.807, 2.05) is 30.3 Å². The SMILES string of the molecule is C=C(C(=O)NCCCCNC(=O)/C=C/c1ccccc1)[C@@H](C)O. The standard InChI is InChI=1S/C18H24N2O3/c1-14(15(2)21)18(23)20-13-7-6-12-19-17(22)11-10-16-8-4-3-5-9-16/h3-5,8-11,15,21H,1,6-7,12-13H2,2H3,(H,19,22)(H,20,23)/b11-10+/t15-/m1/s1. The molecular weight excluding hydrogens is 292 g/mol. The van der Waals surface area contributed by atoms with E-state index in [0.717, 1.165) is 18.4 Å². The maximum atomic E-state index is 11.6. The molecule has 2 amide bonds. The van der Waals surface area contributed by atoms with Crippen molar-refractivity contribution in [2.45, 2.75) is 25.9 Å². The molecule has 0 fully saturated rings. The Labute approximate surface area is 137 Å². The second-order valence-corrected chi connectivity index (χ2v) is 5.20. The second-order valence-electron chi connectivity index (χ2n) is 5.20. The fourth-order valence-electron chi connectivity index (χ4n) is 1.76. The summed E-state index contributed by atoms with van der Waals surface area (Å²) in [6.07, 6.45) is 3.92. The molecule has 0 heterocycles. The minimum atomic E-state index is -0.842. The summed E-state index contributed by atoms with van der Waals surface area (Å²) in [7, 11) is 0. The normalized spacial score (nSPS) is 11.9. The first-order chi connectivity index (χ1) is 11.0. The average molecular weight is 316 g/mol. The zero-order valence-corrected chi connectivity index (χ0v) is 13.4. The predicted octanol–water partition coefficient (Wildman–Crippen LogP) is 1.65. The quantitative estimate of drug-likeness (QED) is 0.479. The summed E-state index contributed by atoms with van der Waals surface area (Å²) < 4.78 is 0. The van der Waals surface area contributed by atoms with E-state index in [0.29, 0.717) is 13.1 Å². The Morgan fingerprint density at radius 3 is 2.39 bits per heavy atom. The van der Waals surface area contributed by atoms with Gasteiger partial charge in [-0.05, 0) is 31.4 Å². The van der Waals surface area contributed by atoms with Gasteiger partial charge in [0.15, 0.2) is 0 Å². The first-order valence-electron chi connectivity index (χ1n) is 7.66. The van der Waals surface area contributed by atoms with Gasteiger partial charge in [0.25, 0.3) is 0 Å². The Morgan fingerprint density at radius 1 is 1.17 bits per heavy atom. The van der Waals surface area contributed by atoms with Crippen molar-refractivity contribution in [1.82, 2.24) is 10.6 Å². The lowest BCUT2D eigenvalue weighted by molar-refractivity contribution is -0.118. The summed E-state index contributed by atoms with van der Waals surface area (Å²) >= 11 is 0. The van der Waals surface area contributed by atoms with Crippen LogP contribution in [0.25, 0.3) is 6.08 Å². The number of carbonyl (C=O) groups excluding carboxylic acids is 2.